The average Bonchev–Trinajstić information content (AvgIpc) is 2.13. The molecule has 5 heteroatoms. The maximum Gasteiger partial charge on any atom is 0.311 e. The van der Waals surface area contributed by atoms with Crippen LogP contribution in [0.4, 0.5) is 0 Å². The summed E-state index contributed by atoms with van der Waals surface area (Å²) in [6.07, 6.45) is 0. The van der Waals surface area contributed by atoms with Crippen molar-refractivity contribution in [3.8, 4) is 0 Å². The van der Waals surface area contributed by atoms with Crippen LogP contribution >= 0.6 is 0 Å². The quantitative estimate of drug-likeness (QED) is 0.587. The minimum Gasteiger partial charge on any atom is -0.395 e. The second-order valence-electron chi connectivity index (χ2n) is 3.55. The van der Waals surface area contributed by atoms with Crippen molar-refractivity contribution >= 4 is 11.8 Å². The molecule has 0 aliphatic carbocycles. The third kappa shape index (κ3) is 4.81. The van der Waals surface area contributed by atoms with Crippen LogP contribution in [0.5, 0.6) is 0 Å². The molecule has 0 aliphatic rings. The molecule has 0 aromatic carbocycles. The van der Waals surface area contributed by atoms with Crippen LogP contribution in [0.15, 0.2) is 0 Å². The molecule has 0 saturated heterocycles. The molecular formula is C9H18N2O3. The van der Waals surface area contributed by atoms with Gasteiger partial charge in [0.25, 0.3) is 0 Å². The van der Waals surface area contributed by atoms with E-state index in [4.69, 9.17) is 5.11 Å². The number of aliphatic hydroxyl groups is 1. The first-order chi connectivity index (χ1) is 6.49. The summed E-state index contributed by atoms with van der Waals surface area (Å²) in [7, 11) is 1.48. The summed E-state index contributed by atoms with van der Waals surface area (Å²) in [4.78, 5) is 23.6. The Bertz CT molecular complexity index is 204. The van der Waals surface area contributed by atoms with E-state index in [0.717, 1.165) is 0 Å². The highest BCUT2D eigenvalue weighted by Crippen LogP contribution is 1.89. The van der Waals surface area contributed by atoms with Gasteiger partial charge in [0.1, 0.15) is 0 Å². The third-order valence-corrected chi connectivity index (χ3v) is 1.65. The van der Waals surface area contributed by atoms with Gasteiger partial charge < -0.3 is 15.3 Å². The fourth-order valence-electron chi connectivity index (χ4n) is 0.797. The van der Waals surface area contributed by atoms with Crippen LogP contribution < -0.4 is 5.32 Å². The molecule has 0 atom stereocenters. The van der Waals surface area contributed by atoms with Gasteiger partial charge in [-0.2, -0.15) is 0 Å². The predicted molar refractivity (Wildman–Crippen MR) is 52.6 cm³/mol. The van der Waals surface area contributed by atoms with Crippen LogP contribution in [0.2, 0.25) is 0 Å². The van der Waals surface area contributed by atoms with Gasteiger partial charge in [0.15, 0.2) is 0 Å². The normalized spacial score (nSPS) is 10.1. The van der Waals surface area contributed by atoms with E-state index in [2.05, 4.69) is 5.32 Å². The first kappa shape index (κ1) is 12.9. The summed E-state index contributed by atoms with van der Waals surface area (Å²) in [5.41, 5.74) is 0. The van der Waals surface area contributed by atoms with Crippen LogP contribution in [0, 0.1) is 5.92 Å². The zero-order chi connectivity index (χ0) is 11.1. The summed E-state index contributed by atoms with van der Waals surface area (Å²) in [6, 6.07) is 0. The maximum atomic E-state index is 11.2. The molecule has 0 radical (unpaired) electrons. The molecule has 0 spiro atoms. The second kappa shape index (κ2) is 6.37. The van der Waals surface area contributed by atoms with Crippen molar-refractivity contribution in [3.63, 3.8) is 0 Å². The number of rotatable bonds is 4. The summed E-state index contributed by atoms with van der Waals surface area (Å²) in [6.45, 7) is 4.41. The maximum absolute atomic E-state index is 11.2. The summed E-state index contributed by atoms with van der Waals surface area (Å²) < 4.78 is 0. The van der Waals surface area contributed by atoms with Crippen molar-refractivity contribution in [2.24, 2.45) is 5.92 Å². The number of hydrogen-bond acceptors (Lipinski definition) is 3. The molecule has 0 aromatic rings. The number of hydrogen-bond donors (Lipinski definition) is 2. The number of likely N-dealkylation sites (N-methyl/N-ethyl adjacent to an activating group) is 1. The lowest BCUT2D eigenvalue weighted by molar-refractivity contribution is -0.145. The van der Waals surface area contributed by atoms with E-state index >= 15 is 0 Å². The van der Waals surface area contributed by atoms with Gasteiger partial charge >= 0.3 is 11.8 Å². The molecule has 0 aromatic heterocycles. The summed E-state index contributed by atoms with van der Waals surface area (Å²) in [5, 5.41) is 11.1. The lowest BCUT2D eigenvalue weighted by Crippen LogP contribution is -2.43. The standard InChI is InChI=1S/C9H18N2O3/c1-7(2)6-10-8(13)9(14)11(3)4-5-12/h7,12H,4-6H2,1-3H3,(H,10,13). The fourth-order valence-corrected chi connectivity index (χ4v) is 0.797. The molecule has 82 valence electrons. The lowest BCUT2D eigenvalue weighted by Gasteiger charge is -2.15. The third-order valence-electron chi connectivity index (χ3n) is 1.65. The molecule has 2 N–H and O–H groups in total. The Labute approximate surface area is 84.1 Å². The van der Waals surface area contributed by atoms with Gasteiger partial charge in [-0.3, -0.25) is 9.59 Å². The monoisotopic (exact) mass is 202 g/mol. The van der Waals surface area contributed by atoms with E-state index in [-0.39, 0.29) is 13.2 Å². The SMILES string of the molecule is CC(C)CNC(=O)C(=O)N(C)CCO. The molecule has 0 unspecified atom stereocenters. The van der Waals surface area contributed by atoms with Crippen molar-refractivity contribution in [3.05, 3.63) is 0 Å². The molecule has 0 aliphatic heterocycles. The first-order valence-corrected chi connectivity index (χ1v) is 4.63. The number of aliphatic hydroxyl groups excluding tert-OH is 1. The van der Waals surface area contributed by atoms with E-state index in [1.54, 1.807) is 0 Å². The van der Waals surface area contributed by atoms with Crippen molar-refractivity contribution in [1.29, 1.82) is 0 Å². The van der Waals surface area contributed by atoms with Crippen LogP contribution in [-0.4, -0.2) is 48.6 Å². The van der Waals surface area contributed by atoms with Gasteiger partial charge in [-0.25, -0.2) is 0 Å². The van der Waals surface area contributed by atoms with Gasteiger partial charge in [0.2, 0.25) is 0 Å². The molecule has 0 rings (SSSR count). The molecule has 5 nitrogen and oxygen atoms in total. The van der Waals surface area contributed by atoms with Crippen LogP contribution in [0.25, 0.3) is 0 Å². The Morgan fingerprint density at radius 3 is 2.43 bits per heavy atom. The van der Waals surface area contributed by atoms with Crippen molar-refractivity contribution in [2.45, 2.75) is 13.8 Å². The Kier molecular flexibility index (Phi) is 5.87. The minimum atomic E-state index is -0.616. The summed E-state index contributed by atoms with van der Waals surface area (Å²) in [5.74, 6) is -0.913. The number of carbonyl (C=O) groups is 2. The van der Waals surface area contributed by atoms with E-state index in [1.807, 2.05) is 13.8 Å². The zero-order valence-electron chi connectivity index (χ0n) is 8.91. The number of carbonyl (C=O) groups excluding carboxylic acids is 2. The zero-order valence-corrected chi connectivity index (χ0v) is 8.91. The fraction of sp³-hybridized carbons (Fsp3) is 0.778. The van der Waals surface area contributed by atoms with Gasteiger partial charge in [0.05, 0.1) is 6.61 Å². The molecular weight excluding hydrogens is 184 g/mol. The van der Waals surface area contributed by atoms with E-state index in [0.29, 0.717) is 12.5 Å². The highest BCUT2D eigenvalue weighted by Gasteiger charge is 2.17. The molecule has 2 amide bonds. The van der Waals surface area contributed by atoms with Crippen molar-refractivity contribution in [1.82, 2.24) is 10.2 Å². The highest BCUT2D eigenvalue weighted by molar-refractivity contribution is 6.34. The van der Waals surface area contributed by atoms with E-state index in [1.165, 1.54) is 11.9 Å². The average molecular weight is 202 g/mol. The Balaban J connectivity index is 3.93. The van der Waals surface area contributed by atoms with E-state index < -0.39 is 11.8 Å². The Morgan fingerprint density at radius 1 is 1.43 bits per heavy atom. The van der Waals surface area contributed by atoms with Gasteiger partial charge in [0, 0.05) is 20.1 Å². The molecule has 0 fully saturated rings. The molecule has 0 bridgehead atoms. The van der Waals surface area contributed by atoms with Crippen LogP contribution in [-0.2, 0) is 9.59 Å². The highest BCUT2D eigenvalue weighted by atomic mass is 16.3. The van der Waals surface area contributed by atoms with Gasteiger partial charge in [-0.05, 0) is 5.92 Å². The van der Waals surface area contributed by atoms with Crippen LogP contribution in [0.3, 0.4) is 0 Å². The Hall–Kier alpha value is -1.10. The van der Waals surface area contributed by atoms with Crippen LogP contribution in [0.1, 0.15) is 13.8 Å². The predicted octanol–water partition coefficient (Wildman–Crippen LogP) is -0.791. The molecule has 0 heterocycles. The topological polar surface area (TPSA) is 69.6 Å². The van der Waals surface area contributed by atoms with Gasteiger partial charge in [-0.15, -0.1) is 0 Å². The number of amides is 2. The molecule has 14 heavy (non-hydrogen) atoms. The number of nitrogens with one attached hydrogen (secondary N) is 1. The van der Waals surface area contributed by atoms with Crippen molar-refractivity contribution in [2.75, 3.05) is 26.7 Å². The second-order valence-corrected chi connectivity index (χ2v) is 3.55. The van der Waals surface area contributed by atoms with E-state index in [9.17, 15) is 9.59 Å². The Morgan fingerprint density at radius 2 is 2.00 bits per heavy atom. The van der Waals surface area contributed by atoms with Crippen molar-refractivity contribution < 1.29 is 14.7 Å². The largest absolute Gasteiger partial charge is 0.395 e. The number of nitrogens with zero attached hydrogens (tertiary/aromatic N) is 1. The smallest absolute Gasteiger partial charge is 0.311 e. The first-order valence-electron chi connectivity index (χ1n) is 4.63. The summed E-state index contributed by atoms with van der Waals surface area (Å²) >= 11 is 0. The lowest BCUT2D eigenvalue weighted by atomic mass is 10.2. The van der Waals surface area contributed by atoms with Gasteiger partial charge in [-0.1, -0.05) is 13.8 Å². The minimum absolute atomic E-state index is 0.139. The molecule has 0 saturated carbocycles.